The van der Waals surface area contributed by atoms with E-state index in [1.165, 1.54) is 0 Å². The highest BCUT2D eigenvalue weighted by molar-refractivity contribution is 4.95. The summed E-state index contributed by atoms with van der Waals surface area (Å²) in [5.74, 6) is 0. The van der Waals surface area contributed by atoms with Crippen LogP contribution in [0.25, 0.3) is 10.4 Å². The lowest BCUT2D eigenvalue weighted by Gasteiger charge is -2.21. The fourth-order valence-corrected chi connectivity index (χ4v) is 1.74. The molecule has 18 heavy (non-hydrogen) atoms. The first kappa shape index (κ1) is 15.2. The topological polar surface area (TPSA) is 128 Å². The molecule has 0 aliphatic carbocycles. The van der Waals surface area contributed by atoms with Gasteiger partial charge in [-0.15, -0.1) is 0 Å². The third kappa shape index (κ3) is 3.81. The summed E-state index contributed by atoms with van der Waals surface area (Å²) in [6, 6.07) is -1.02. The van der Waals surface area contributed by atoms with Gasteiger partial charge in [-0.2, -0.15) is 0 Å². The van der Waals surface area contributed by atoms with Gasteiger partial charge in [0.2, 0.25) is 0 Å². The van der Waals surface area contributed by atoms with Crippen molar-refractivity contribution in [1.82, 2.24) is 0 Å². The maximum Gasteiger partial charge on any atom is 0.181 e. The zero-order valence-electron chi connectivity index (χ0n) is 10.2. The van der Waals surface area contributed by atoms with Crippen molar-refractivity contribution in [3.05, 3.63) is 10.4 Å². The Bertz CT molecular complexity index is 297. The molecule has 8 heteroatoms. The van der Waals surface area contributed by atoms with Gasteiger partial charge in [-0.1, -0.05) is 18.5 Å². The summed E-state index contributed by atoms with van der Waals surface area (Å²) in [4.78, 5) is 2.57. The van der Waals surface area contributed by atoms with Crippen molar-refractivity contribution < 1.29 is 24.8 Å². The third-order valence-electron chi connectivity index (χ3n) is 2.77. The molecule has 0 aromatic heterocycles. The molecule has 0 aromatic carbocycles. The number of nitrogens with zero attached hydrogens (tertiary/aromatic N) is 3. The molecule has 0 spiro atoms. The average molecular weight is 261 g/mol. The van der Waals surface area contributed by atoms with Gasteiger partial charge in [-0.25, -0.2) is 0 Å². The van der Waals surface area contributed by atoms with Crippen LogP contribution in [-0.2, 0) is 9.47 Å². The number of aliphatic hydroxyl groups is 3. The van der Waals surface area contributed by atoms with Gasteiger partial charge in [0.15, 0.2) is 6.29 Å². The Labute approximate surface area is 105 Å². The Hall–Kier alpha value is -0.890. The largest absolute Gasteiger partial charge is 0.388 e. The Morgan fingerprint density at radius 1 is 1.50 bits per heavy atom. The Morgan fingerprint density at radius 3 is 2.83 bits per heavy atom. The summed E-state index contributed by atoms with van der Waals surface area (Å²) in [5.41, 5.74) is 8.37. The van der Waals surface area contributed by atoms with Crippen LogP contribution in [0.15, 0.2) is 5.11 Å². The first-order valence-electron chi connectivity index (χ1n) is 5.93. The van der Waals surface area contributed by atoms with Gasteiger partial charge in [0.05, 0.1) is 12.6 Å². The molecule has 104 valence electrons. The minimum absolute atomic E-state index is 0.00154. The Balaban J connectivity index is 2.49. The predicted molar refractivity (Wildman–Crippen MR) is 61.6 cm³/mol. The van der Waals surface area contributed by atoms with Crippen LogP contribution in [-0.4, -0.2) is 59.2 Å². The van der Waals surface area contributed by atoms with Crippen LogP contribution >= 0.6 is 0 Å². The van der Waals surface area contributed by atoms with Crippen LogP contribution in [0.3, 0.4) is 0 Å². The normalized spacial score (nSPS) is 33.1. The van der Waals surface area contributed by atoms with Crippen molar-refractivity contribution in [3.63, 3.8) is 0 Å². The highest BCUT2D eigenvalue weighted by atomic mass is 16.6. The lowest BCUT2D eigenvalue weighted by molar-refractivity contribution is -0.152. The predicted octanol–water partition coefficient (Wildman–Crippen LogP) is -0.0790. The van der Waals surface area contributed by atoms with E-state index < -0.39 is 30.6 Å². The van der Waals surface area contributed by atoms with Crippen molar-refractivity contribution >= 4 is 0 Å². The number of unbranched alkanes of at least 4 members (excludes halogenated alkanes) is 1. The monoisotopic (exact) mass is 261 g/mol. The molecule has 1 aliphatic heterocycles. The number of ether oxygens (including phenoxy) is 2. The van der Waals surface area contributed by atoms with Crippen LogP contribution < -0.4 is 0 Å². The molecule has 1 aliphatic rings. The lowest BCUT2D eigenvalue weighted by Crippen LogP contribution is -2.39. The number of hydrogen-bond acceptors (Lipinski definition) is 6. The maximum atomic E-state index is 9.83. The zero-order valence-corrected chi connectivity index (χ0v) is 10.2. The van der Waals surface area contributed by atoms with E-state index >= 15 is 0 Å². The standard InChI is InChI=1S/C10H19N3O5/c1-2-3-4-17-5-6(14)9-7(12-13-11)8(15)10(16)18-9/h6-10,14-16H,2-5H2,1H3/t6?,7?,8-,9+,10+/m0/s1. The van der Waals surface area contributed by atoms with E-state index in [0.717, 1.165) is 12.8 Å². The summed E-state index contributed by atoms with van der Waals surface area (Å²) >= 11 is 0. The summed E-state index contributed by atoms with van der Waals surface area (Å²) in [6.45, 7) is 2.53. The minimum Gasteiger partial charge on any atom is -0.388 e. The van der Waals surface area contributed by atoms with Crippen LogP contribution in [0.2, 0.25) is 0 Å². The van der Waals surface area contributed by atoms with Gasteiger partial charge in [-0.3, -0.25) is 0 Å². The van der Waals surface area contributed by atoms with E-state index in [1.807, 2.05) is 6.92 Å². The van der Waals surface area contributed by atoms with E-state index in [1.54, 1.807) is 0 Å². The molecule has 0 radical (unpaired) electrons. The van der Waals surface area contributed by atoms with Crippen molar-refractivity contribution in [2.75, 3.05) is 13.2 Å². The highest BCUT2D eigenvalue weighted by Gasteiger charge is 2.45. The van der Waals surface area contributed by atoms with Crippen molar-refractivity contribution in [2.45, 2.75) is 50.4 Å². The smallest absolute Gasteiger partial charge is 0.181 e. The van der Waals surface area contributed by atoms with Crippen molar-refractivity contribution in [3.8, 4) is 0 Å². The van der Waals surface area contributed by atoms with E-state index in [0.29, 0.717) is 6.61 Å². The molecule has 3 N–H and O–H groups in total. The maximum absolute atomic E-state index is 9.83. The molecule has 0 saturated carbocycles. The summed E-state index contributed by atoms with van der Waals surface area (Å²) in [5, 5.41) is 32.0. The van der Waals surface area contributed by atoms with Gasteiger partial charge in [0, 0.05) is 11.5 Å². The molecule has 1 fully saturated rings. The Morgan fingerprint density at radius 2 is 2.22 bits per heavy atom. The van der Waals surface area contributed by atoms with E-state index in [4.69, 9.17) is 15.0 Å². The number of azide groups is 1. The zero-order chi connectivity index (χ0) is 13.5. The van der Waals surface area contributed by atoms with Crippen LogP contribution in [0.4, 0.5) is 0 Å². The van der Waals surface area contributed by atoms with E-state index in [9.17, 15) is 15.3 Å². The molecule has 1 rings (SSSR count). The molecule has 1 saturated heterocycles. The van der Waals surface area contributed by atoms with E-state index in [2.05, 4.69) is 10.0 Å². The summed E-state index contributed by atoms with van der Waals surface area (Å²) < 4.78 is 10.2. The lowest BCUT2D eigenvalue weighted by atomic mass is 10.0. The second kappa shape index (κ2) is 7.52. The first-order chi connectivity index (χ1) is 8.61. The summed E-state index contributed by atoms with van der Waals surface area (Å²) in [7, 11) is 0. The summed E-state index contributed by atoms with van der Waals surface area (Å²) in [6.07, 6.45) is -2.97. The highest BCUT2D eigenvalue weighted by Crippen LogP contribution is 2.25. The van der Waals surface area contributed by atoms with Gasteiger partial charge in [0.25, 0.3) is 0 Å². The number of rotatable bonds is 7. The fourth-order valence-electron chi connectivity index (χ4n) is 1.74. The molecule has 5 atom stereocenters. The van der Waals surface area contributed by atoms with Crippen LogP contribution in [0.1, 0.15) is 19.8 Å². The number of aliphatic hydroxyl groups excluding tert-OH is 3. The molecular weight excluding hydrogens is 242 g/mol. The van der Waals surface area contributed by atoms with Crippen molar-refractivity contribution in [2.24, 2.45) is 5.11 Å². The van der Waals surface area contributed by atoms with Gasteiger partial charge < -0.3 is 24.8 Å². The Kier molecular flexibility index (Phi) is 6.34. The number of hydrogen-bond donors (Lipinski definition) is 3. The molecule has 0 bridgehead atoms. The third-order valence-corrected chi connectivity index (χ3v) is 2.77. The van der Waals surface area contributed by atoms with Gasteiger partial charge >= 0.3 is 0 Å². The molecule has 2 unspecified atom stereocenters. The minimum atomic E-state index is -1.46. The van der Waals surface area contributed by atoms with Crippen molar-refractivity contribution in [1.29, 1.82) is 0 Å². The van der Waals surface area contributed by atoms with Crippen LogP contribution in [0.5, 0.6) is 0 Å². The van der Waals surface area contributed by atoms with E-state index in [-0.39, 0.29) is 6.61 Å². The molecular formula is C10H19N3O5. The van der Waals surface area contributed by atoms with Gasteiger partial charge in [-0.05, 0) is 12.0 Å². The second-order valence-electron chi connectivity index (χ2n) is 4.17. The quantitative estimate of drug-likeness (QED) is 0.255. The first-order valence-corrected chi connectivity index (χ1v) is 5.93. The molecule has 0 aromatic rings. The molecule has 8 nitrogen and oxygen atoms in total. The molecule has 1 heterocycles. The second-order valence-corrected chi connectivity index (χ2v) is 4.17. The van der Waals surface area contributed by atoms with Gasteiger partial charge in [0.1, 0.15) is 18.3 Å². The fraction of sp³-hybridized carbons (Fsp3) is 1.00. The molecule has 0 amide bonds. The van der Waals surface area contributed by atoms with Crippen LogP contribution in [0, 0.1) is 0 Å². The average Bonchev–Trinajstić information content (AvgIpc) is 2.63. The SMILES string of the molecule is CCCCOCC(O)[C@H]1O[C@@H](O)[C@@H](O)C1N=[N+]=[N-].